The number of carbonyl (C=O) groups excluding carboxylic acids is 2. The molecular formula is C14H19N3O3. The first kappa shape index (κ1) is 14.5. The summed E-state index contributed by atoms with van der Waals surface area (Å²) in [5.74, 6) is -0.427. The summed E-state index contributed by atoms with van der Waals surface area (Å²) in [6.07, 6.45) is 0. The normalized spacial score (nSPS) is 15.2. The van der Waals surface area contributed by atoms with Crippen molar-refractivity contribution in [2.45, 2.75) is 19.9 Å². The lowest BCUT2D eigenvalue weighted by molar-refractivity contribution is 0.0299. The lowest BCUT2D eigenvalue weighted by Crippen LogP contribution is -2.41. The summed E-state index contributed by atoms with van der Waals surface area (Å²) in [5.41, 5.74) is 0.557. The van der Waals surface area contributed by atoms with Crippen LogP contribution in [-0.4, -0.2) is 54.0 Å². The first-order valence-corrected chi connectivity index (χ1v) is 6.73. The highest BCUT2D eigenvalue weighted by Crippen LogP contribution is 2.07. The molecule has 1 saturated heterocycles. The Morgan fingerprint density at radius 2 is 1.90 bits per heavy atom. The molecule has 0 saturated carbocycles. The van der Waals surface area contributed by atoms with Crippen LogP contribution in [0.25, 0.3) is 0 Å². The van der Waals surface area contributed by atoms with E-state index in [0.717, 1.165) is 0 Å². The zero-order chi connectivity index (χ0) is 14.5. The van der Waals surface area contributed by atoms with E-state index in [1.54, 1.807) is 23.1 Å². The van der Waals surface area contributed by atoms with E-state index in [9.17, 15) is 9.59 Å². The highest BCUT2D eigenvalue weighted by Gasteiger charge is 2.20. The van der Waals surface area contributed by atoms with Crippen molar-refractivity contribution in [3.05, 3.63) is 29.6 Å². The van der Waals surface area contributed by atoms with Crippen LogP contribution in [-0.2, 0) is 4.74 Å². The highest BCUT2D eigenvalue weighted by atomic mass is 16.5. The Morgan fingerprint density at radius 3 is 2.55 bits per heavy atom. The van der Waals surface area contributed by atoms with E-state index in [1.807, 2.05) is 13.8 Å². The fourth-order valence-electron chi connectivity index (χ4n) is 1.94. The van der Waals surface area contributed by atoms with Crippen LogP contribution in [0.5, 0.6) is 0 Å². The number of nitrogens with zero attached hydrogens (tertiary/aromatic N) is 2. The van der Waals surface area contributed by atoms with Gasteiger partial charge in [-0.15, -0.1) is 0 Å². The van der Waals surface area contributed by atoms with Crippen LogP contribution in [0.15, 0.2) is 18.2 Å². The molecule has 0 unspecified atom stereocenters. The van der Waals surface area contributed by atoms with E-state index in [-0.39, 0.29) is 23.6 Å². The molecule has 2 amide bonds. The minimum absolute atomic E-state index is 0.0305. The fraction of sp³-hybridized carbons (Fsp3) is 0.500. The number of carbonyl (C=O) groups is 2. The Labute approximate surface area is 118 Å². The van der Waals surface area contributed by atoms with Gasteiger partial charge in [0.15, 0.2) is 0 Å². The van der Waals surface area contributed by atoms with Crippen LogP contribution < -0.4 is 5.32 Å². The Balaban J connectivity index is 2.12. The molecular weight excluding hydrogens is 258 g/mol. The maximum absolute atomic E-state index is 12.3. The van der Waals surface area contributed by atoms with E-state index in [4.69, 9.17) is 4.74 Å². The summed E-state index contributed by atoms with van der Waals surface area (Å²) in [5, 5.41) is 2.76. The van der Waals surface area contributed by atoms with Gasteiger partial charge in [-0.1, -0.05) is 6.07 Å². The van der Waals surface area contributed by atoms with Crippen LogP contribution in [0, 0.1) is 0 Å². The maximum atomic E-state index is 12.3. The highest BCUT2D eigenvalue weighted by molar-refractivity contribution is 5.96. The molecule has 1 fully saturated rings. The Morgan fingerprint density at radius 1 is 1.25 bits per heavy atom. The minimum Gasteiger partial charge on any atom is -0.378 e. The zero-order valence-corrected chi connectivity index (χ0v) is 11.8. The standard InChI is InChI=1S/C14H19N3O3/c1-10(2)15-13(18)11-4-3-5-12(16-11)14(19)17-6-8-20-9-7-17/h3-5,10H,6-9H2,1-2H3,(H,15,18). The lowest BCUT2D eigenvalue weighted by atomic mass is 10.2. The summed E-state index contributed by atoms with van der Waals surface area (Å²) in [6.45, 7) is 5.95. The van der Waals surface area contributed by atoms with Crippen molar-refractivity contribution in [1.29, 1.82) is 0 Å². The molecule has 2 rings (SSSR count). The lowest BCUT2D eigenvalue weighted by Gasteiger charge is -2.26. The fourth-order valence-corrected chi connectivity index (χ4v) is 1.94. The molecule has 0 aliphatic carbocycles. The van der Waals surface area contributed by atoms with Gasteiger partial charge < -0.3 is 15.0 Å². The van der Waals surface area contributed by atoms with Crippen LogP contribution in [0.3, 0.4) is 0 Å². The van der Waals surface area contributed by atoms with Crippen LogP contribution >= 0.6 is 0 Å². The van der Waals surface area contributed by atoms with Crippen molar-refractivity contribution < 1.29 is 14.3 Å². The van der Waals surface area contributed by atoms with Gasteiger partial charge in [-0.25, -0.2) is 4.98 Å². The second-order valence-electron chi connectivity index (χ2n) is 4.94. The third kappa shape index (κ3) is 3.54. The number of pyridine rings is 1. The number of morpholine rings is 1. The predicted molar refractivity (Wildman–Crippen MR) is 73.6 cm³/mol. The van der Waals surface area contributed by atoms with Crippen molar-refractivity contribution in [1.82, 2.24) is 15.2 Å². The van der Waals surface area contributed by atoms with Crippen molar-refractivity contribution in [3.63, 3.8) is 0 Å². The molecule has 0 spiro atoms. The number of ether oxygens (including phenoxy) is 1. The van der Waals surface area contributed by atoms with Gasteiger partial charge in [-0.05, 0) is 26.0 Å². The van der Waals surface area contributed by atoms with Gasteiger partial charge in [0, 0.05) is 19.1 Å². The molecule has 108 valence electrons. The molecule has 1 aromatic rings. The van der Waals surface area contributed by atoms with Gasteiger partial charge in [0.1, 0.15) is 11.4 Å². The van der Waals surface area contributed by atoms with E-state index in [2.05, 4.69) is 10.3 Å². The van der Waals surface area contributed by atoms with E-state index in [1.165, 1.54) is 0 Å². The van der Waals surface area contributed by atoms with E-state index < -0.39 is 0 Å². The number of aromatic nitrogens is 1. The molecule has 0 aromatic carbocycles. The third-order valence-electron chi connectivity index (χ3n) is 2.92. The maximum Gasteiger partial charge on any atom is 0.272 e. The summed E-state index contributed by atoms with van der Waals surface area (Å²) in [4.78, 5) is 30.0. The summed E-state index contributed by atoms with van der Waals surface area (Å²) in [7, 11) is 0. The smallest absolute Gasteiger partial charge is 0.272 e. The summed E-state index contributed by atoms with van der Waals surface area (Å²) < 4.78 is 5.21. The molecule has 0 radical (unpaired) electrons. The number of hydrogen-bond donors (Lipinski definition) is 1. The number of nitrogens with one attached hydrogen (secondary N) is 1. The second kappa shape index (κ2) is 6.47. The molecule has 6 nitrogen and oxygen atoms in total. The van der Waals surface area contributed by atoms with Crippen molar-refractivity contribution in [2.75, 3.05) is 26.3 Å². The van der Waals surface area contributed by atoms with Crippen LogP contribution in [0.2, 0.25) is 0 Å². The molecule has 6 heteroatoms. The van der Waals surface area contributed by atoms with Gasteiger partial charge in [-0.3, -0.25) is 9.59 Å². The predicted octanol–water partition coefficient (Wildman–Crippen LogP) is 0.692. The Kier molecular flexibility index (Phi) is 4.68. The van der Waals surface area contributed by atoms with Crippen molar-refractivity contribution in [2.24, 2.45) is 0 Å². The molecule has 1 aliphatic heterocycles. The number of rotatable bonds is 3. The van der Waals surface area contributed by atoms with Crippen LogP contribution in [0.4, 0.5) is 0 Å². The summed E-state index contributed by atoms with van der Waals surface area (Å²) in [6, 6.07) is 4.94. The molecule has 20 heavy (non-hydrogen) atoms. The minimum atomic E-state index is -0.267. The Hall–Kier alpha value is -1.95. The van der Waals surface area contributed by atoms with Crippen molar-refractivity contribution in [3.8, 4) is 0 Å². The topological polar surface area (TPSA) is 71.5 Å². The SMILES string of the molecule is CC(C)NC(=O)c1cccc(C(=O)N2CCOCC2)n1. The van der Waals surface area contributed by atoms with Crippen molar-refractivity contribution >= 4 is 11.8 Å². The van der Waals surface area contributed by atoms with E-state index >= 15 is 0 Å². The first-order chi connectivity index (χ1) is 9.58. The molecule has 0 bridgehead atoms. The Bertz CT molecular complexity index is 496. The number of amides is 2. The quantitative estimate of drug-likeness (QED) is 0.882. The second-order valence-corrected chi connectivity index (χ2v) is 4.94. The average Bonchev–Trinajstić information content (AvgIpc) is 2.47. The first-order valence-electron chi connectivity index (χ1n) is 6.73. The molecule has 1 N–H and O–H groups in total. The van der Waals surface area contributed by atoms with Gasteiger partial charge in [0.2, 0.25) is 0 Å². The monoisotopic (exact) mass is 277 g/mol. The largest absolute Gasteiger partial charge is 0.378 e. The molecule has 0 atom stereocenters. The molecule has 1 aliphatic rings. The number of hydrogen-bond acceptors (Lipinski definition) is 4. The summed E-state index contributed by atoms with van der Waals surface area (Å²) >= 11 is 0. The van der Waals surface area contributed by atoms with Gasteiger partial charge in [-0.2, -0.15) is 0 Å². The van der Waals surface area contributed by atoms with Gasteiger partial charge in [0.25, 0.3) is 11.8 Å². The van der Waals surface area contributed by atoms with E-state index in [0.29, 0.717) is 32.0 Å². The van der Waals surface area contributed by atoms with Gasteiger partial charge >= 0.3 is 0 Å². The molecule has 1 aromatic heterocycles. The van der Waals surface area contributed by atoms with Gasteiger partial charge in [0.05, 0.1) is 13.2 Å². The molecule has 2 heterocycles. The average molecular weight is 277 g/mol. The zero-order valence-electron chi connectivity index (χ0n) is 11.8. The third-order valence-corrected chi connectivity index (χ3v) is 2.92. The van der Waals surface area contributed by atoms with Crippen LogP contribution in [0.1, 0.15) is 34.8 Å².